The number of esters is 1. The Balaban J connectivity index is 1.92. The Labute approximate surface area is 120 Å². The predicted molar refractivity (Wildman–Crippen MR) is 77.5 cm³/mol. The third-order valence-electron chi connectivity index (χ3n) is 3.98. The Morgan fingerprint density at radius 3 is 2.70 bits per heavy atom. The van der Waals surface area contributed by atoms with Gasteiger partial charge in [0.15, 0.2) is 0 Å². The molecule has 20 heavy (non-hydrogen) atoms. The summed E-state index contributed by atoms with van der Waals surface area (Å²) in [5, 5.41) is 13.7. The molecule has 1 aliphatic rings. The van der Waals surface area contributed by atoms with Crippen molar-refractivity contribution in [1.29, 1.82) is 0 Å². The number of nitrogens with one attached hydrogen (secondary N) is 1. The lowest BCUT2D eigenvalue weighted by molar-refractivity contribution is 0.00467. The van der Waals surface area contributed by atoms with Gasteiger partial charge >= 0.3 is 5.97 Å². The van der Waals surface area contributed by atoms with E-state index in [4.69, 9.17) is 4.74 Å². The lowest BCUT2D eigenvalue weighted by Crippen LogP contribution is -2.42. The van der Waals surface area contributed by atoms with E-state index in [-0.39, 0.29) is 5.97 Å². The second kappa shape index (κ2) is 6.86. The monoisotopic (exact) mass is 277 g/mol. The fraction of sp³-hybridized carbons (Fsp3) is 0.562. The van der Waals surface area contributed by atoms with E-state index in [1.54, 1.807) is 6.07 Å². The summed E-state index contributed by atoms with van der Waals surface area (Å²) < 4.78 is 4.78. The number of hydrogen-bond acceptors (Lipinski definition) is 4. The highest BCUT2D eigenvalue weighted by Gasteiger charge is 2.28. The van der Waals surface area contributed by atoms with Crippen LogP contribution in [0.15, 0.2) is 24.3 Å². The quantitative estimate of drug-likeness (QED) is 0.811. The number of aliphatic hydroxyl groups is 1. The SMILES string of the molecule is COC(=O)c1ccccc1CNCC1(O)CCCCC1. The van der Waals surface area contributed by atoms with Gasteiger partial charge in [-0.25, -0.2) is 4.79 Å². The molecule has 0 aromatic heterocycles. The van der Waals surface area contributed by atoms with Gasteiger partial charge in [0.2, 0.25) is 0 Å². The molecule has 1 aliphatic carbocycles. The van der Waals surface area contributed by atoms with E-state index in [0.717, 1.165) is 31.2 Å². The van der Waals surface area contributed by atoms with Crippen molar-refractivity contribution >= 4 is 5.97 Å². The van der Waals surface area contributed by atoms with Gasteiger partial charge in [-0.15, -0.1) is 0 Å². The van der Waals surface area contributed by atoms with Gasteiger partial charge in [0.05, 0.1) is 18.3 Å². The zero-order chi connectivity index (χ0) is 14.4. The maximum atomic E-state index is 11.7. The van der Waals surface area contributed by atoms with E-state index >= 15 is 0 Å². The first kappa shape index (κ1) is 15.0. The summed E-state index contributed by atoms with van der Waals surface area (Å²) in [6.07, 6.45) is 5.12. The summed E-state index contributed by atoms with van der Waals surface area (Å²) in [6, 6.07) is 7.39. The molecule has 0 heterocycles. The highest BCUT2D eigenvalue weighted by Crippen LogP contribution is 2.27. The molecule has 1 saturated carbocycles. The number of benzene rings is 1. The molecule has 1 aromatic rings. The lowest BCUT2D eigenvalue weighted by Gasteiger charge is -2.32. The molecule has 0 bridgehead atoms. The number of hydrogen-bond donors (Lipinski definition) is 2. The highest BCUT2D eigenvalue weighted by atomic mass is 16.5. The van der Waals surface area contributed by atoms with Crippen molar-refractivity contribution in [2.45, 2.75) is 44.2 Å². The molecule has 0 unspecified atom stereocenters. The van der Waals surface area contributed by atoms with Crippen LogP contribution in [-0.4, -0.2) is 30.3 Å². The molecule has 4 heteroatoms. The van der Waals surface area contributed by atoms with E-state index in [9.17, 15) is 9.90 Å². The highest BCUT2D eigenvalue weighted by molar-refractivity contribution is 5.90. The van der Waals surface area contributed by atoms with Crippen LogP contribution >= 0.6 is 0 Å². The topological polar surface area (TPSA) is 58.6 Å². The summed E-state index contributed by atoms with van der Waals surface area (Å²) in [5.74, 6) is -0.321. The molecule has 0 radical (unpaired) electrons. The van der Waals surface area contributed by atoms with Gasteiger partial charge in [-0.3, -0.25) is 0 Å². The second-order valence-corrected chi connectivity index (χ2v) is 5.54. The van der Waals surface area contributed by atoms with Crippen molar-refractivity contribution in [3.63, 3.8) is 0 Å². The Kier molecular flexibility index (Phi) is 5.15. The average Bonchev–Trinajstić information content (AvgIpc) is 2.47. The molecular weight excluding hydrogens is 254 g/mol. The van der Waals surface area contributed by atoms with Crippen LogP contribution in [0.2, 0.25) is 0 Å². The van der Waals surface area contributed by atoms with Gasteiger partial charge in [-0.1, -0.05) is 37.5 Å². The van der Waals surface area contributed by atoms with Crippen molar-refractivity contribution in [2.24, 2.45) is 0 Å². The Morgan fingerprint density at radius 2 is 2.00 bits per heavy atom. The van der Waals surface area contributed by atoms with Gasteiger partial charge in [0.1, 0.15) is 0 Å². The number of carbonyl (C=O) groups excluding carboxylic acids is 1. The first-order chi connectivity index (χ1) is 9.64. The summed E-state index contributed by atoms with van der Waals surface area (Å²) in [4.78, 5) is 11.7. The first-order valence-corrected chi connectivity index (χ1v) is 7.24. The van der Waals surface area contributed by atoms with Gasteiger partial charge in [-0.2, -0.15) is 0 Å². The van der Waals surface area contributed by atoms with E-state index in [0.29, 0.717) is 18.7 Å². The number of ether oxygens (including phenoxy) is 1. The fourth-order valence-electron chi connectivity index (χ4n) is 2.80. The van der Waals surface area contributed by atoms with Crippen molar-refractivity contribution in [2.75, 3.05) is 13.7 Å². The number of carbonyl (C=O) groups is 1. The maximum Gasteiger partial charge on any atom is 0.338 e. The molecule has 0 spiro atoms. The smallest absolute Gasteiger partial charge is 0.338 e. The largest absolute Gasteiger partial charge is 0.465 e. The summed E-state index contributed by atoms with van der Waals surface area (Å²) in [5.41, 5.74) is 0.898. The van der Waals surface area contributed by atoms with Crippen molar-refractivity contribution < 1.29 is 14.6 Å². The van der Waals surface area contributed by atoms with Gasteiger partial charge in [-0.05, 0) is 24.5 Å². The average molecular weight is 277 g/mol. The molecule has 0 aliphatic heterocycles. The van der Waals surface area contributed by atoms with Gasteiger partial charge in [0, 0.05) is 13.1 Å². The molecule has 0 atom stereocenters. The Morgan fingerprint density at radius 1 is 1.30 bits per heavy atom. The van der Waals surface area contributed by atoms with Crippen LogP contribution < -0.4 is 5.32 Å². The Hall–Kier alpha value is -1.39. The fourth-order valence-corrected chi connectivity index (χ4v) is 2.80. The summed E-state index contributed by atoms with van der Waals surface area (Å²) >= 11 is 0. The predicted octanol–water partition coefficient (Wildman–Crippen LogP) is 2.26. The molecule has 110 valence electrons. The van der Waals surface area contributed by atoms with Gasteiger partial charge in [0.25, 0.3) is 0 Å². The third kappa shape index (κ3) is 3.81. The second-order valence-electron chi connectivity index (χ2n) is 5.54. The van der Waals surface area contributed by atoms with Crippen LogP contribution in [0.25, 0.3) is 0 Å². The minimum absolute atomic E-state index is 0.321. The van der Waals surface area contributed by atoms with E-state index in [1.807, 2.05) is 18.2 Å². The molecule has 0 saturated heterocycles. The first-order valence-electron chi connectivity index (χ1n) is 7.24. The molecular formula is C16H23NO3. The number of methoxy groups -OCH3 is 1. The molecule has 2 N–H and O–H groups in total. The van der Waals surface area contributed by atoms with Crippen molar-refractivity contribution in [1.82, 2.24) is 5.32 Å². The van der Waals surface area contributed by atoms with Crippen LogP contribution in [-0.2, 0) is 11.3 Å². The van der Waals surface area contributed by atoms with E-state index in [1.165, 1.54) is 13.5 Å². The van der Waals surface area contributed by atoms with E-state index < -0.39 is 5.60 Å². The molecule has 2 rings (SSSR count). The van der Waals surface area contributed by atoms with Crippen molar-refractivity contribution in [3.05, 3.63) is 35.4 Å². The standard InChI is InChI=1S/C16H23NO3/c1-20-15(18)14-8-4-3-7-13(14)11-17-12-16(19)9-5-2-6-10-16/h3-4,7-8,17,19H,2,5-6,9-12H2,1H3. The molecule has 1 aromatic carbocycles. The van der Waals surface area contributed by atoms with Crippen LogP contribution in [0.4, 0.5) is 0 Å². The summed E-state index contributed by atoms with van der Waals surface area (Å²) in [7, 11) is 1.39. The number of rotatable bonds is 5. The molecule has 1 fully saturated rings. The lowest BCUT2D eigenvalue weighted by atomic mass is 9.85. The third-order valence-corrected chi connectivity index (χ3v) is 3.98. The Bertz CT molecular complexity index is 453. The molecule has 4 nitrogen and oxygen atoms in total. The van der Waals surface area contributed by atoms with Gasteiger partial charge < -0.3 is 15.2 Å². The minimum atomic E-state index is -0.585. The maximum absolute atomic E-state index is 11.7. The van der Waals surface area contributed by atoms with E-state index in [2.05, 4.69) is 5.32 Å². The zero-order valence-electron chi connectivity index (χ0n) is 12.0. The molecule has 0 amide bonds. The van der Waals surface area contributed by atoms with Crippen LogP contribution in [0.5, 0.6) is 0 Å². The van der Waals surface area contributed by atoms with Crippen LogP contribution in [0.1, 0.15) is 48.0 Å². The normalized spacial score (nSPS) is 17.7. The van der Waals surface area contributed by atoms with Crippen molar-refractivity contribution in [3.8, 4) is 0 Å². The van der Waals surface area contributed by atoms with Crippen LogP contribution in [0.3, 0.4) is 0 Å². The van der Waals surface area contributed by atoms with Crippen LogP contribution in [0, 0.1) is 0 Å². The minimum Gasteiger partial charge on any atom is -0.465 e. The summed E-state index contributed by atoms with van der Waals surface area (Å²) in [6.45, 7) is 1.14. The zero-order valence-corrected chi connectivity index (χ0v) is 12.0.